The summed E-state index contributed by atoms with van der Waals surface area (Å²) in [5, 5.41) is 21.8. The zero-order chi connectivity index (χ0) is 14.0. The van der Waals surface area contributed by atoms with Gasteiger partial charge in [0.2, 0.25) is 0 Å². The fourth-order valence-electron chi connectivity index (χ4n) is 2.21. The van der Waals surface area contributed by atoms with Crippen LogP contribution in [0.4, 0.5) is 0 Å². The van der Waals surface area contributed by atoms with Crippen molar-refractivity contribution in [3.05, 3.63) is 51.0 Å². The van der Waals surface area contributed by atoms with Gasteiger partial charge in [0.05, 0.1) is 29.2 Å². The predicted octanol–water partition coefficient (Wildman–Crippen LogP) is 3.13. The first-order valence-corrected chi connectivity index (χ1v) is 6.48. The minimum Gasteiger partial charge on any atom is -0.361 e. The number of halogens is 1. The highest BCUT2D eigenvalue weighted by Gasteiger charge is 2.30. The van der Waals surface area contributed by atoms with Crippen molar-refractivity contribution in [3.63, 3.8) is 0 Å². The van der Waals surface area contributed by atoms with Gasteiger partial charge in [0.15, 0.2) is 0 Å². The standard InChI is InChI=1S/C14H11BrN4/c1-8-11(6-16)13(12(7-17)9(2)19-8)10-4-3-5-18-14(10)15/h3-5,13,19H,1-2H3. The number of nitrogens with one attached hydrogen (secondary N) is 1. The molecule has 0 saturated carbocycles. The molecular formula is C14H11BrN4. The number of hydrogen-bond donors (Lipinski definition) is 1. The summed E-state index contributed by atoms with van der Waals surface area (Å²) in [7, 11) is 0. The second-order valence-electron chi connectivity index (χ2n) is 4.24. The average molecular weight is 315 g/mol. The van der Waals surface area contributed by atoms with Crippen LogP contribution in [0.3, 0.4) is 0 Å². The normalized spacial score (nSPS) is 15.8. The first-order chi connectivity index (χ1) is 9.10. The van der Waals surface area contributed by atoms with Gasteiger partial charge in [0.25, 0.3) is 0 Å². The molecule has 0 amide bonds. The monoisotopic (exact) mass is 314 g/mol. The lowest BCUT2D eigenvalue weighted by Gasteiger charge is -2.26. The molecule has 19 heavy (non-hydrogen) atoms. The summed E-state index contributed by atoms with van der Waals surface area (Å²) in [5.41, 5.74) is 3.49. The third-order valence-corrected chi connectivity index (χ3v) is 3.76. The van der Waals surface area contributed by atoms with Gasteiger partial charge in [-0.25, -0.2) is 4.98 Å². The molecule has 0 aliphatic carbocycles. The maximum Gasteiger partial charge on any atom is 0.110 e. The predicted molar refractivity (Wildman–Crippen MR) is 74.4 cm³/mol. The van der Waals surface area contributed by atoms with E-state index in [9.17, 15) is 10.5 Å². The summed E-state index contributed by atoms with van der Waals surface area (Å²) in [5.74, 6) is -0.362. The Balaban J connectivity index is 2.69. The molecule has 1 aliphatic rings. The first kappa shape index (κ1) is 13.3. The number of hydrogen-bond acceptors (Lipinski definition) is 4. The van der Waals surface area contributed by atoms with Crippen LogP contribution in [0.25, 0.3) is 0 Å². The van der Waals surface area contributed by atoms with E-state index in [0.29, 0.717) is 15.7 Å². The van der Waals surface area contributed by atoms with Gasteiger partial charge in [-0.1, -0.05) is 6.07 Å². The molecule has 1 aromatic rings. The number of nitriles is 2. The first-order valence-electron chi connectivity index (χ1n) is 5.69. The van der Waals surface area contributed by atoms with Crippen molar-refractivity contribution < 1.29 is 0 Å². The highest BCUT2D eigenvalue weighted by molar-refractivity contribution is 9.10. The van der Waals surface area contributed by atoms with Crippen molar-refractivity contribution in [1.82, 2.24) is 10.3 Å². The second kappa shape index (κ2) is 5.26. The molecule has 0 atom stereocenters. The summed E-state index contributed by atoms with van der Waals surface area (Å²) < 4.78 is 0.656. The number of aromatic nitrogens is 1. The van der Waals surface area contributed by atoms with Crippen LogP contribution >= 0.6 is 15.9 Å². The quantitative estimate of drug-likeness (QED) is 0.808. The summed E-state index contributed by atoms with van der Waals surface area (Å²) in [6.07, 6.45) is 1.67. The van der Waals surface area contributed by atoms with Crippen LogP contribution in [0.2, 0.25) is 0 Å². The third kappa shape index (κ3) is 2.25. The van der Waals surface area contributed by atoms with Gasteiger partial charge in [0.1, 0.15) is 4.60 Å². The van der Waals surface area contributed by atoms with E-state index in [1.54, 1.807) is 12.3 Å². The minimum absolute atomic E-state index is 0.362. The zero-order valence-corrected chi connectivity index (χ0v) is 12.1. The summed E-state index contributed by atoms with van der Waals surface area (Å²) >= 11 is 3.39. The Morgan fingerprint density at radius 1 is 1.21 bits per heavy atom. The van der Waals surface area contributed by atoms with E-state index in [0.717, 1.165) is 17.0 Å². The van der Waals surface area contributed by atoms with E-state index in [2.05, 4.69) is 38.4 Å². The number of nitrogens with zero attached hydrogens (tertiary/aromatic N) is 3. The number of rotatable bonds is 1. The van der Waals surface area contributed by atoms with Crippen molar-refractivity contribution >= 4 is 15.9 Å². The van der Waals surface area contributed by atoms with E-state index in [1.165, 1.54) is 0 Å². The molecule has 1 aliphatic heterocycles. The summed E-state index contributed by atoms with van der Waals surface area (Å²) in [6, 6.07) is 8.07. The third-order valence-electron chi connectivity index (χ3n) is 3.10. The molecule has 2 rings (SSSR count). The van der Waals surface area contributed by atoms with E-state index in [4.69, 9.17) is 0 Å². The largest absolute Gasteiger partial charge is 0.361 e. The lowest BCUT2D eigenvalue weighted by atomic mass is 9.82. The Hall–Kier alpha value is -2.11. The molecular weight excluding hydrogens is 304 g/mol. The molecule has 0 bridgehead atoms. The Kier molecular flexibility index (Phi) is 3.69. The second-order valence-corrected chi connectivity index (χ2v) is 4.99. The molecule has 4 nitrogen and oxygen atoms in total. The maximum absolute atomic E-state index is 9.37. The molecule has 5 heteroatoms. The van der Waals surface area contributed by atoms with Gasteiger partial charge in [-0.15, -0.1) is 0 Å². The molecule has 2 heterocycles. The molecule has 1 N–H and O–H groups in total. The average Bonchev–Trinajstić information content (AvgIpc) is 2.38. The van der Waals surface area contributed by atoms with Crippen LogP contribution in [0, 0.1) is 22.7 Å². The smallest absolute Gasteiger partial charge is 0.110 e. The Labute approximate surface area is 120 Å². The Bertz CT molecular complexity index is 637. The topological polar surface area (TPSA) is 72.5 Å². The maximum atomic E-state index is 9.37. The fourth-order valence-corrected chi connectivity index (χ4v) is 2.69. The molecule has 0 aromatic carbocycles. The van der Waals surface area contributed by atoms with Crippen LogP contribution in [0.5, 0.6) is 0 Å². The number of pyridine rings is 1. The Morgan fingerprint density at radius 2 is 1.79 bits per heavy atom. The van der Waals surface area contributed by atoms with E-state index in [1.807, 2.05) is 19.9 Å². The molecule has 0 radical (unpaired) electrons. The van der Waals surface area contributed by atoms with Crippen molar-refractivity contribution in [3.8, 4) is 12.1 Å². The zero-order valence-electron chi connectivity index (χ0n) is 10.5. The van der Waals surface area contributed by atoms with Gasteiger partial charge in [-0.3, -0.25) is 0 Å². The Morgan fingerprint density at radius 3 is 2.26 bits per heavy atom. The van der Waals surface area contributed by atoms with E-state index in [-0.39, 0.29) is 5.92 Å². The van der Waals surface area contributed by atoms with E-state index >= 15 is 0 Å². The highest BCUT2D eigenvalue weighted by atomic mass is 79.9. The highest BCUT2D eigenvalue weighted by Crippen LogP contribution is 2.39. The van der Waals surface area contributed by atoms with Gasteiger partial charge in [-0.2, -0.15) is 10.5 Å². The van der Waals surface area contributed by atoms with Crippen molar-refractivity contribution in [2.45, 2.75) is 19.8 Å². The molecule has 0 fully saturated rings. The molecule has 0 saturated heterocycles. The van der Waals surface area contributed by atoms with Gasteiger partial charge < -0.3 is 5.32 Å². The van der Waals surface area contributed by atoms with Crippen molar-refractivity contribution in [2.24, 2.45) is 0 Å². The van der Waals surface area contributed by atoms with Crippen LogP contribution < -0.4 is 5.32 Å². The number of dihydropyridines is 1. The van der Waals surface area contributed by atoms with Crippen LogP contribution in [-0.2, 0) is 0 Å². The van der Waals surface area contributed by atoms with Crippen LogP contribution in [0.1, 0.15) is 25.3 Å². The fraction of sp³-hybridized carbons (Fsp3) is 0.214. The van der Waals surface area contributed by atoms with Gasteiger partial charge in [0, 0.05) is 17.6 Å². The number of allylic oxidation sites excluding steroid dienone is 4. The summed E-state index contributed by atoms with van der Waals surface area (Å²) in [4.78, 5) is 4.17. The SMILES string of the molecule is CC1=C(C#N)C(c2cccnc2Br)C(C#N)=C(C)N1. The van der Waals surface area contributed by atoms with Crippen molar-refractivity contribution in [1.29, 1.82) is 10.5 Å². The molecule has 1 aromatic heterocycles. The molecule has 0 unspecified atom stereocenters. The van der Waals surface area contributed by atoms with Gasteiger partial charge in [-0.05, 0) is 41.4 Å². The molecule has 0 spiro atoms. The van der Waals surface area contributed by atoms with Crippen molar-refractivity contribution in [2.75, 3.05) is 0 Å². The van der Waals surface area contributed by atoms with E-state index < -0.39 is 0 Å². The van der Waals surface area contributed by atoms with Gasteiger partial charge >= 0.3 is 0 Å². The summed E-state index contributed by atoms with van der Waals surface area (Å²) in [6.45, 7) is 3.68. The van der Waals surface area contributed by atoms with Crippen LogP contribution in [0.15, 0.2) is 45.5 Å². The lowest BCUT2D eigenvalue weighted by molar-refractivity contribution is 0.807. The lowest BCUT2D eigenvalue weighted by Crippen LogP contribution is -2.23. The molecule has 94 valence electrons. The van der Waals surface area contributed by atoms with Crippen LogP contribution in [-0.4, -0.2) is 4.98 Å². The minimum atomic E-state index is -0.362.